The van der Waals surface area contributed by atoms with Crippen LogP contribution in [-0.2, 0) is 9.53 Å². The second kappa shape index (κ2) is 9.22. The van der Waals surface area contributed by atoms with Crippen LogP contribution < -0.4 is 10.6 Å². The number of anilines is 1. The van der Waals surface area contributed by atoms with E-state index in [1.54, 1.807) is 12.1 Å². The summed E-state index contributed by atoms with van der Waals surface area (Å²) in [5, 5.41) is 5.62. The van der Waals surface area contributed by atoms with Crippen molar-refractivity contribution in [3.8, 4) is 0 Å². The van der Waals surface area contributed by atoms with Crippen LogP contribution in [0.15, 0.2) is 28.7 Å². The van der Waals surface area contributed by atoms with E-state index >= 15 is 0 Å². The second-order valence-electron chi connectivity index (χ2n) is 7.66. The molecule has 140 valence electrons. The highest BCUT2D eigenvalue weighted by Gasteiger charge is 2.31. The molecule has 1 rings (SSSR count). The van der Waals surface area contributed by atoms with Crippen molar-refractivity contribution in [2.75, 3.05) is 5.32 Å². The Hall–Kier alpha value is -1.56. The van der Waals surface area contributed by atoms with Crippen LogP contribution in [0, 0.1) is 11.8 Å². The quantitative estimate of drug-likeness (QED) is 0.648. The van der Waals surface area contributed by atoms with Crippen molar-refractivity contribution in [2.45, 2.75) is 59.6 Å². The van der Waals surface area contributed by atoms with Gasteiger partial charge in [-0.1, -0.05) is 29.8 Å². The van der Waals surface area contributed by atoms with Crippen molar-refractivity contribution >= 4 is 33.6 Å². The molecule has 2 atom stereocenters. The van der Waals surface area contributed by atoms with Gasteiger partial charge in [-0.05, 0) is 64.3 Å². The number of carbonyl (C=O) groups excluding carboxylic acids is 2. The lowest BCUT2D eigenvalue weighted by atomic mass is 9.91. The topological polar surface area (TPSA) is 67.4 Å². The highest BCUT2D eigenvalue weighted by Crippen LogP contribution is 2.21. The maximum atomic E-state index is 12.5. The van der Waals surface area contributed by atoms with Gasteiger partial charge in [-0.15, -0.1) is 0 Å². The predicted molar refractivity (Wildman–Crippen MR) is 105 cm³/mol. The summed E-state index contributed by atoms with van der Waals surface area (Å²) < 4.78 is 6.46. The molecule has 5 nitrogen and oxygen atoms in total. The largest absolute Gasteiger partial charge is 0.460 e. The van der Waals surface area contributed by atoms with E-state index in [9.17, 15) is 9.59 Å². The van der Waals surface area contributed by atoms with Crippen LogP contribution >= 0.6 is 15.9 Å². The maximum Gasteiger partial charge on any atom is 0.319 e. The van der Waals surface area contributed by atoms with Crippen LogP contribution in [-0.4, -0.2) is 23.6 Å². The average Bonchev–Trinajstić information content (AvgIpc) is 2.44. The Kier molecular flexibility index (Phi) is 7.93. The molecule has 0 aliphatic heterocycles. The van der Waals surface area contributed by atoms with Crippen LogP contribution in [0.2, 0.25) is 0 Å². The molecule has 0 saturated carbocycles. The van der Waals surface area contributed by atoms with Gasteiger partial charge in [0.1, 0.15) is 5.60 Å². The number of amides is 2. The van der Waals surface area contributed by atoms with Gasteiger partial charge in [0.2, 0.25) is 0 Å². The normalized spacial score (nSPS) is 13.9. The molecule has 0 spiro atoms. The molecule has 2 amide bonds. The second-order valence-corrected chi connectivity index (χ2v) is 8.58. The Morgan fingerprint density at radius 2 is 1.68 bits per heavy atom. The highest BCUT2D eigenvalue weighted by molar-refractivity contribution is 9.10. The van der Waals surface area contributed by atoms with E-state index in [1.807, 2.05) is 53.7 Å². The van der Waals surface area contributed by atoms with Crippen LogP contribution in [0.3, 0.4) is 0 Å². The molecule has 0 heterocycles. The molecule has 6 heteroatoms. The summed E-state index contributed by atoms with van der Waals surface area (Å²) in [5.74, 6) is -0.358. The lowest BCUT2D eigenvalue weighted by Gasteiger charge is -2.29. The number of esters is 1. The summed E-state index contributed by atoms with van der Waals surface area (Å²) in [6, 6.07) is 6.62. The fourth-order valence-electron chi connectivity index (χ4n) is 2.40. The van der Waals surface area contributed by atoms with Crippen LogP contribution in [0.4, 0.5) is 10.5 Å². The van der Waals surface area contributed by atoms with Crippen molar-refractivity contribution in [3.05, 3.63) is 28.7 Å². The summed E-state index contributed by atoms with van der Waals surface area (Å²) >= 11 is 3.35. The number of hydrogen-bond donors (Lipinski definition) is 2. The molecule has 1 aromatic rings. The van der Waals surface area contributed by atoms with Crippen molar-refractivity contribution in [1.82, 2.24) is 5.32 Å². The number of carbonyl (C=O) groups is 2. The molecular formula is C19H29BrN2O3. The first-order valence-electron chi connectivity index (χ1n) is 8.54. The zero-order chi connectivity index (χ0) is 19.2. The van der Waals surface area contributed by atoms with Crippen molar-refractivity contribution in [3.63, 3.8) is 0 Å². The first-order chi connectivity index (χ1) is 11.5. The first-order valence-corrected chi connectivity index (χ1v) is 9.33. The molecule has 0 unspecified atom stereocenters. The van der Waals surface area contributed by atoms with E-state index in [0.717, 1.165) is 4.47 Å². The van der Waals surface area contributed by atoms with Gasteiger partial charge in [-0.25, -0.2) is 4.79 Å². The molecule has 25 heavy (non-hydrogen) atoms. The van der Waals surface area contributed by atoms with E-state index < -0.39 is 11.5 Å². The zero-order valence-electron chi connectivity index (χ0n) is 15.9. The Balaban J connectivity index is 2.72. The van der Waals surface area contributed by atoms with E-state index in [2.05, 4.69) is 26.6 Å². The molecule has 0 aliphatic carbocycles. The van der Waals surface area contributed by atoms with Crippen LogP contribution in [0.25, 0.3) is 0 Å². The molecule has 1 aromatic carbocycles. The third-order valence-electron chi connectivity index (χ3n) is 3.50. The van der Waals surface area contributed by atoms with Gasteiger partial charge in [0.05, 0.1) is 5.92 Å². The van der Waals surface area contributed by atoms with Crippen LogP contribution in [0.1, 0.15) is 48.0 Å². The van der Waals surface area contributed by atoms with Crippen LogP contribution in [0.5, 0.6) is 0 Å². The summed E-state index contributed by atoms with van der Waals surface area (Å²) in [4.78, 5) is 24.7. The Labute approximate surface area is 159 Å². The van der Waals surface area contributed by atoms with Gasteiger partial charge >= 0.3 is 12.0 Å². The molecule has 0 bridgehead atoms. The Morgan fingerprint density at radius 1 is 1.12 bits per heavy atom. The van der Waals surface area contributed by atoms with Gasteiger partial charge in [-0.2, -0.15) is 0 Å². The SMILES string of the molecule is CC(C)C[C@@H](C(=O)OC(C)(C)C)[C@@H](C)NC(=O)Nc1ccc(Br)cc1. The number of hydrogen-bond acceptors (Lipinski definition) is 3. The van der Waals surface area contributed by atoms with Gasteiger partial charge in [0, 0.05) is 16.2 Å². The van der Waals surface area contributed by atoms with E-state index in [-0.39, 0.29) is 18.0 Å². The molecule has 0 fully saturated rings. The molecular weight excluding hydrogens is 384 g/mol. The number of halogens is 1. The van der Waals surface area contributed by atoms with E-state index in [1.165, 1.54) is 0 Å². The number of ether oxygens (including phenoxy) is 1. The minimum Gasteiger partial charge on any atom is -0.460 e. The summed E-state index contributed by atoms with van der Waals surface area (Å²) in [5.41, 5.74) is 0.136. The minimum absolute atomic E-state index is 0.280. The standard InChI is InChI=1S/C19H29BrN2O3/c1-12(2)11-16(17(23)25-19(4,5)6)13(3)21-18(24)22-15-9-7-14(20)8-10-15/h7-10,12-13,16H,11H2,1-6H3,(H2,21,22,24)/t13-,16-/m1/s1. The Bertz CT molecular complexity index is 579. The molecule has 0 aliphatic rings. The monoisotopic (exact) mass is 412 g/mol. The minimum atomic E-state index is -0.550. The van der Waals surface area contributed by atoms with E-state index in [4.69, 9.17) is 4.74 Å². The summed E-state index contributed by atoms with van der Waals surface area (Å²) in [7, 11) is 0. The maximum absolute atomic E-state index is 12.5. The Morgan fingerprint density at radius 3 is 2.16 bits per heavy atom. The number of urea groups is 1. The van der Waals surface area contributed by atoms with Crippen molar-refractivity contribution in [2.24, 2.45) is 11.8 Å². The molecule has 0 aromatic heterocycles. The summed E-state index contributed by atoms with van der Waals surface area (Å²) in [6.45, 7) is 11.5. The first kappa shape index (κ1) is 21.5. The predicted octanol–water partition coefficient (Wildman–Crippen LogP) is 4.96. The van der Waals surface area contributed by atoms with Gasteiger partial charge < -0.3 is 15.4 Å². The number of nitrogens with one attached hydrogen (secondary N) is 2. The number of benzene rings is 1. The van der Waals surface area contributed by atoms with Crippen molar-refractivity contribution < 1.29 is 14.3 Å². The molecule has 2 N–H and O–H groups in total. The summed E-state index contributed by atoms with van der Waals surface area (Å²) in [6.07, 6.45) is 0.647. The fraction of sp³-hybridized carbons (Fsp3) is 0.579. The smallest absolute Gasteiger partial charge is 0.319 e. The lowest BCUT2D eigenvalue weighted by Crippen LogP contribution is -2.45. The number of rotatable bonds is 6. The zero-order valence-corrected chi connectivity index (χ0v) is 17.4. The lowest BCUT2D eigenvalue weighted by molar-refractivity contribution is -0.161. The third kappa shape index (κ3) is 8.38. The van der Waals surface area contributed by atoms with Gasteiger partial charge in [-0.3, -0.25) is 4.79 Å². The highest BCUT2D eigenvalue weighted by atomic mass is 79.9. The third-order valence-corrected chi connectivity index (χ3v) is 4.03. The molecule has 0 saturated heterocycles. The fourth-order valence-corrected chi connectivity index (χ4v) is 2.66. The van der Waals surface area contributed by atoms with Crippen molar-refractivity contribution in [1.29, 1.82) is 0 Å². The average molecular weight is 413 g/mol. The molecule has 0 radical (unpaired) electrons. The van der Waals surface area contributed by atoms with Gasteiger partial charge in [0.15, 0.2) is 0 Å². The van der Waals surface area contributed by atoms with Gasteiger partial charge in [0.25, 0.3) is 0 Å². The van der Waals surface area contributed by atoms with E-state index in [0.29, 0.717) is 18.0 Å².